The molecule has 12 aromatic rings. The zero-order valence-electron chi connectivity index (χ0n) is 31.3. The fourth-order valence-corrected chi connectivity index (χ4v) is 10.4. The van der Waals surface area contributed by atoms with Crippen LogP contribution in [0.2, 0.25) is 0 Å². The first-order valence-electron chi connectivity index (χ1n) is 19.7. The Bertz CT molecular complexity index is 3480. The Morgan fingerprint density at radius 2 is 1.00 bits per heavy atom. The average molecular weight is 759 g/mol. The molecule has 12 rings (SSSR count). The molecule has 0 aliphatic rings. The van der Waals surface area contributed by atoms with E-state index in [-0.39, 0.29) is 0 Å². The Morgan fingerprint density at radius 1 is 0.397 bits per heavy atom. The van der Waals surface area contributed by atoms with Crippen molar-refractivity contribution in [3.63, 3.8) is 0 Å². The number of furan rings is 1. The predicted molar refractivity (Wildman–Crippen MR) is 247 cm³/mol. The van der Waals surface area contributed by atoms with Crippen molar-refractivity contribution in [2.75, 3.05) is 4.90 Å². The summed E-state index contributed by atoms with van der Waals surface area (Å²) in [5.41, 5.74) is 13.0. The second kappa shape index (κ2) is 13.1. The van der Waals surface area contributed by atoms with Crippen LogP contribution in [0, 0.1) is 0 Å². The van der Waals surface area contributed by atoms with Crippen LogP contribution in [0.5, 0.6) is 0 Å². The number of para-hydroxylation sites is 7. The molecule has 3 aromatic heterocycles. The summed E-state index contributed by atoms with van der Waals surface area (Å²) in [5, 5.41) is 7.25. The van der Waals surface area contributed by atoms with Crippen molar-refractivity contribution in [1.29, 1.82) is 0 Å². The van der Waals surface area contributed by atoms with E-state index in [2.05, 4.69) is 210 Å². The molecule has 3 heterocycles. The van der Waals surface area contributed by atoms with Gasteiger partial charge in [-0.2, -0.15) is 0 Å². The van der Waals surface area contributed by atoms with Gasteiger partial charge >= 0.3 is 0 Å². The first-order valence-corrected chi connectivity index (χ1v) is 20.5. The molecule has 0 unspecified atom stereocenters. The number of nitrogens with zero attached hydrogens (tertiary/aromatic N) is 2. The van der Waals surface area contributed by atoms with E-state index in [4.69, 9.17) is 4.42 Å². The fraction of sp³-hybridized carbons (Fsp3) is 0. The summed E-state index contributed by atoms with van der Waals surface area (Å²) in [4.78, 5) is 2.46. The maximum absolute atomic E-state index is 6.68. The molecule has 9 aromatic carbocycles. The van der Waals surface area contributed by atoms with Gasteiger partial charge in [-0.1, -0.05) is 152 Å². The minimum atomic E-state index is 0.890. The highest BCUT2D eigenvalue weighted by Gasteiger charge is 2.26. The standard InChI is InChI=1S/C54H34N2OS/c1-2-17-35(18-3-1)55(45-27-10-6-21-38(45)41-25-16-26-42-39-22-8-14-31-50(39)57-53(41)42)49-34-33-43-40-23-9-15-32-51(40)58-54(43)52(49)44-24-7-13-30-48(44)56-46-28-11-4-19-36(46)37-20-5-12-29-47(37)56/h1-34H. The second-order valence-corrected chi connectivity index (χ2v) is 15.8. The van der Waals surface area contributed by atoms with E-state index in [1.807, 2.05) is 17.4 Å². The predicted octanol–water partition coefficient (Wildman–Crippen LogP) is 15.9. The maximum atomic E-state index is 6.68. The SMILES string of the molecule is c1ccc(N(c2ccccc2-c2cccc3c2oc2ccccc23)c2ccc3c(sc4ccccc43)c2-c2ccccc2-n2c3ccccc3c3ccccc32)cc1. The van der Waals surface area contributed by atoms with Crippen molar-refractivity contribution in [3.05, 3.63) is 206 Å². The number of hydrogen-bond acceptors (Lipinski definition) is 3. The molecule has 272 valence electrons. The molecule has 0 bridgehead atoms. The van der Waals surface area contributed by atoms with E-state index >= 15 is 0 Å². The van der Waals surface area contributed by atoms with Crippen LogP contribution >= 0.6 is 11.3 Å². The van der Waals surface area contributed by atoms with Gasteiger partial charge in [-0.25, -0.2) is 0 Å². The van der Waals surface area contributed by atoms with Gasteiger partial charge in [0.15, 0.2) is 0 Å². The number of rotatable bonds is 6. The third-order valence-electron chi connectivity index (χ3n) is 11.6. The highest BCUT2D eigenvalue weighted by molar-refractivity contribution is 7.26. The van der Waals surface area contributed by atoms with Crippen LogP contribution in [0.25, 0.3) is 91.9 Å². The largest absolute Gasteiger partial charge is 0.455 e. The van der Waals surface area contributed by atoms with E-state index in [0.717, 1.165) is 55.8 Å². The van der Waals surface area contributed by atoms with Gasteiger partial charge < -0.3 is 13.9 Å². The van der Waals surface area contributed by atoms with Crippen molar-refractivity contribution in [3.8, 4) is 27.9 Å². The first-order chi connectivity index (χ1) is 28.8. The minimum Gasteiger partial charge on any atom is -0.455 e. The highest BCUT2D eigenvalue weighted by atomic mass is 32.1. The molecule has 4 heteroatoms. The molecular weight excluding hydrogens is 725 g/mol. The van der Waals surface area contributed by atoms with Crippen molar-refractivity contribution in [1.82, 2.24) is 4.57 Å². The number of anilines is 3. The zero-order valence-corrected chi connectivity index (χ0v) is 32.2. The lowest BCUT2D eigenvalue weighted by Crippen LogP contribution is -2.13. The molecule has 0 atom stereocenters. The van der Waals surface area contributed by atoms with Gasteiger partial charge in [-0.15, -0.1) is 11.3 Å². The van der Waals surface area contributed by atoms with E-state index < -0.39 is 0 Å². The number of aromatic nitrogens is 1. The summed E-state index contributed by atoms with van der Waals surface area (Å²) >= 11 is 1.87. The van der Waals surface area contributed by atoms with Gasteiger partial charge in [0.1, 0.15) is 11.2 Å². The topological polar surface area (TPSA) is 21.3 Å². The van der Waals surface area contributed by atoms with E-state index in [0.29, 0.717) is 0 Å². The van der Waals surface area contributed by atoms with Gasteiger partial charge in [0.2, 0.25) is 0 Å². The number of benzene rings is 9. The Hall–Kier alpha value is -7.40. The van der Waals surface area contributed by atoms with E-state index in [1.54, 1.807) is 0 Å². The minimum absolute atomic E-state index is 0.890. The van der Waals surface area contributed by atoms with Crippen molar-refractivity contribution in [2.24, 2.45) is 0 Å². The van der Waals surface area contributed by atoms with Gasteiger partial charge in [0.05, 0.1) is 28.1 Å². The Morgan fingerprint density at radius 3 is 1.81 bits per heavy atom. The molecule has 0 fully saturated rings. The second-order valence-electron chi connectivity index (χ2n) is 14.8. The quantitative estimate of drug-likeness (QED) is 0.168. The summed E-state index contributed by atoms with van der Waals surface area (Å²) in [6.07, 6.45) is 0. The van der Waals surface area contributed by atoms with Crippen LogP contribution < -0.4 is 4.90 Å². The van der Waals surface area contributed by atoms with Gasteiger partial charge in [-0.3, -0.25) is 0 Å². The Labute approximate surface area is 338 Å². The molecule has 0 aliphatic heterocycles. The molecule has 0 radical (unpaired) electrons. The van der Waals surface area contributed by atoms with Crippen molar-refractivity contribution >= 4 is 92.3 Å². The summed E-state index contributed by atoms with van der Waals surface area (Å²) in [7, 11) is 0. The molecular formula is C54H34N2OS. The molecule has 0 spiro atoms. The summed E-state index contributed by atoms with van der Waals surface area (Å²) in [6.45, 7) is 0. The Kier molecular flexibility index (Phi) is 7.40. The Balaban J connectivity index is 1.19. The lowest BCUT2D eigenvalue weighted by Gasteiger charge is -2.30. The normalized spacial score (nSPS) is 11.8. The molecule has 3 nitrogen and oxygen atoms in total. The fourth-order valence-electron chi connectivity index (χ4n) is 9.13. The van der Waals surface area contributed by atoms with Crippen molar-refractivity contribution < 1.29 is 4.42 Å². The smallest absolute Gasteiger partial charge is 0.143 e. The van der Waals surface area contributed by atoms with Crippen LogP contribution in [0.3, 0.4) is 0 Å². The molecule has 0 saturated carbocycles. The zero-order chi connectivity index (χ0) is 38.2. The van der Waals surface area contributed by atoms with Crippen LogP contribution in [0.4, 0.5) is 17.1 Å². The molecule has 0 amide bonds. The third kappa shape index (κ3) is 4.92. The lowest BCUT2D eigenvalue weighted by molar-refractivity contribution is 0.670. The number of fused-ring (bicyclic) bond motifs is 9. The van der Waals surface area contributed by atoms with Crippen LogP contribution in [-0.2, 0) is 0 Å². The highest BCUT2D eigenvalue weighted by Crippen LogP contribution is 2.52. The summed E-state index contributed by atoms with van der Waals surface area (Å²) in [6, 6.07) is 74.4. The van der Waals surface area contributed by atoms with Gasteiger partial charge in [0.25, 0.3) is 0 Å². The monoisotopic (exact) mass is 758 g/mol. The van der Waals surface area contributed by atoms with Crippen LogP contribution in [-0.4, -0.2) is 4.57 Å². The molecule has 0 saturated heterocycles. The molecule has 58 heavy (non-hydrogen) atoms. The van der Waals surface area contributed by atoms with Crippen LogP contribution in [0.1, 0.15) is 0 Å². The number of hydrogen-bond donors (Lipinski definition) is 0. The molecule has 0 aliphatic carbocycles. The summed E-state index contributed by atoms with van der Waals surface area (Å²) < 4.78 is 11.7. The van der Waals surface area contributed by atoms with Crippen molar-refractivity contribution in [2.45, 2.75) is 0 Å². The third-order valence-corrected chi connectivity index (χ3v) is 12.8. The molecule has 0 N–H and O–H groups in total. The summed E-state index contributed by atoms with van der Waals surface area (Å²) in [5.74, 6) is 0. The maximum Gasteiger partial charge on any atom is 0.143 e. The lowest BCUT2D eigenvalue weighted by atomic mass is 9.95. The number of thiophene rings is 1. The average Bonchev–Trinajstić information content (AvgIpc) is 3.97. The van der Waals surface area contributed by atoms with Crippen LogP contribution in [0.15, 0.2) is 211 Å². The van der Waals surface area contributed by atoms with E-state index in [1.165, 1.54) is 53.1 Å². The van der Waals surface area contributed by atoms with Gasteiger partial charge in [-0.05, 0) is 54.6 Å². The first kappa shape index (κ1) is 32.8. The van der Waals surface area contributed by atoms with Gasteiger partial charge in [0, 0.05) is 69.7 Å². The van der Waals surface area contributed by atoms with E-state index in [9.17, 15) is 0 Å².